The van der Waals surface area contributed by atoms with Crippen molar-refractivity contribution in [3.8, 4) is 6.07 Å². The maximum Gasteiger partial charge on any atom is 0.254 e. The number of carbonyl (C=O) groups excluding carboxylic acids is 1. The molecule has 3 aromatic rings. The molecule has 0 spiro atoms. The first-order chi connectivity index (χ1) is 15.5. The van der Waals surface area contributed by atoms with Gasteiger partial charge in [0.05, 0.1) is 16.8 Å². The Hall–Kier alpha value is -4.04. The zero-order chi connectivity index (χ0) is 24.2. The second-order valence-corrected chi connectivity index (χ2v) is 7.97. The summed E-state index contributed by atoms with van der Waals surface area (Å²) >= 11 is 0. The number of sulfone groups is 1. The van der Waals surface area contributed by atoms with Crippen LogP contribution in [-0.4, -0.2) is 42.5 Å². The predicted octanol–water partition coefficient (Wildman–Crippen LogP) is 1.99. The van der Waals surface area contributed by atoms with Crippen LogP contribution in [0.3, 0.4) is 0 Å². The van der Waals surface area contributed by atoms with Gasteiger partial charge in [-0.05, 0) is 24.3 Å². The van der Waals surface area contributed by atoms with E-state index in [1.165, 1.54) is 30.6 Å². The average molecular weight is 426 g/mol. The molecule has 0 aliphatic carbocycles. The SMILES string of the molecule is [2H]C([2H])([2H])NC(=O)c1cnc(Nc2ccc(C#N)cn2)cc1Nc1ncccc1S(C)(=O)=O. The standard InChI is InChI=1S/C19H17N7O3S/c1-21-19(27)13-11-24-17(26-16-6-5-12(9-20)10-23-16)8-14(13)25-18-15(30(2,28)29)4-3-7-22-18/h3-8,10-11H,1-2H3,(H,21,27)(H2,22,23,24,25,26)/i1D3. The summed E-state index contributed by atoms with van der Waals surface area (Å²) in [5.41, 5.74) is 0.247. The highest BCUT2D eigenvalue weighted by Crippen LogP contribution is 2.27. The lowest BCUT2D eigenvalue weighted by molar-refractivity contribution is 0.0963. The van der Waals surface area contributed by atoms with E-state index in [0.717, 1.165) is 12.5 Å². The minimum absolute atomic E-state index is 0.0477. The van der Waals surface area contributed by atoms with E-state index in [4.69, 9.17) is 9.37 Å². The highest BCUT2D eigenvalue weighted by Gasteiger charge is 2.18. The Labute approximate surface area is 177 Å². The van der Waals surface area contributed by atoms with Crippen molar-refractivity contribution in [3.63, 3.8) is 0 Å². The molecule has 0 aromatic carbocycles. The van der Waals surface area contributed by atoms with Crippen molar-refractivity contribution < 1.29 is 17.3 Å². The Morgan fingerprint density at radius 2 is 1.93 bits per heavy atom. The van der Waals surface area contributed by atoms with Gasteiger partial charge in [0.2, 0.25) is 0 Å². The van der Waals surface area contributed by atoms with E-state index in [1.54, 1.807) is 12.1 Å². The summed E-state index contributed by atoms with van der Waals surface area (Å²) in [5.74, 6) is -0.458. The molecule has 1 amide bonds. The smallest absolute Gasteiger partial charge is 0.254 e. The zero-order valence-electron chi connectivity index (χ0n) is 18.5. The van der Waals surface area contributed by atoms with Crippen molar-refractivity contribution in [1.29, 1.82) is 5.26 Å². The summed E-state index contributed by atoms with van der Waals surface area (Å²) in [7, 11) is -3.66. The molecule has 0 saturated heterocycles. The van der Waals surface area contributed by atoms with Gasteiger partial charge in [-0.3, -0.25) is 4.79 Å². The fourth-order valence-corrected chi connectivity index (χ4v) is 3.23. The molecule has 10 nitrogen and oxygen atoms in total. The average Bonchev–Trinajstić information content (AvgIpc) is 2.73. The second-order valence-electron chi connectivity index (χ2n) is 5.99. The van der Waals surface area contributed by atoms with E-state index in [9.17, 15) is 13.2 Å². The number of nitrogens with zero attached hydrogens (tertiary/aromatic N) is 4. The molecule has 0 radical (unpaired) electrons. The fraction of sp³-hybridized carbons (Fsp3) is 0.105. The summed E-state index contributed by atoms with van der Waals surface area (Å²) in [5, 5.41) is 16.4. The van der Waals surface area contributed by atoms with Crippen LogP contribution in [0.4, 0.5) is 23.1 Å². The van der Waals surface area contributed by atoms with E-state index in [0.29, 0.717) is 11.4 Å². The van der Waals surface area contributed by atoms with Gasteiger partial charge >= 0.3 is 0 Å². The van der Waals surface area contributed by atoms with Crippen molar-refractivity contribution in [2.75, 3.05) is 23.9 Å². The number of pyridine rings is 3. The van der Waals surface area contributed by atoms with Gasteiger partial charge in [0.15, 0.2) is 9.84 Å². The lowest BCUT2D eigenvalue weighted by Gasteiger charge is -2.14. The minimum atomic E-state index is -3.66. The lowest BCUT2D eigenvalue weighted by Crippen LogP contribution is -2.20. The Morgan fingerprint density at radius 1 is 1.13 bits per heavy atom. The second kappa shape index (κ2) is 8.54. The van der Waals surface area contributed by atoms with E-state index in [-0.39, 0.29) is 27.8 Å². The van der Waals surface area contributed by atoms with Gasteiger partial charge in [0.1, 0.15) is 28.4 Å². The molecule has 3 heterocycles. The molecule has 3 N–H and O–H groups in total. The molecule has 0 fully saturated rings. The minimum Gasteiger partial charge on any atom is -0.355 e. The fourth-order valence-electron chi connectivity index (χ4n) is 2.45. The Balaban J connectivity index is 2.03. The summed E-state index contributed by atoms with van der Waals surface area (Å²) in [4.78, 5) is 24.6. The van der Waals surface area contributed by atoms with Gasteiger partial charge in [-0.25, -0.2) is 23.4 Å². The largest absolute Gasteiger partial charge is 0.355 e. The lowest BCUT2D eigenvalue weighted by atomic mass is 10.2. The number of hydrogen-bond donors (Lipinski definition) is 3. The third-order valence-electron chi connectivity index (χ3n) is 3.83. The summed E-state index contributed by atoms with van der Waals surface area (Å²) in [6.45, 7) is -2.75. The van der Waals surface area contributed by atoms with Gasteiger partial charge < -0.3 is 16.0 Å². The number of hydrogen-bond acceptors (Lipinski definition) is 9. The molecule has 0 bridgehead atoms. The van der Waals surface area contributed by atoms with Crippen LogP contribution in [0.1, 0.15) is 20.0 Å². The van der Waals surface area contributed by atoms with E-state index in [1.807, 2.05) is 11.4 Å². The van der Waals surface area contributed by atoms with Crippen LogP contribution >= 0.6 is 0 Å². The van der Waals surface area contributed by atoms with Gasteiger partial charge in [0.25, 0.3) is 5.91 Å². The Kier molecular flexibility index (Phi) is 4.80. The van der Waals surface area contributed by atoms with Crippen molar-refractivity contribution in [1.82, 2.24) is 20.3 Å². The van der Waals surface area contributed by atoms with Crippen LogP contribution in [-0.2, 0) is 9.84 Å². The van der Waals surface area contributed by atoms with Crippen molar-refractivity contribution in [3.05, 3.63) is 60.0 Å². The van der Waals surface area contributed by atoms with E-state index >= 15 is 0 Å². The van der Waals surface area contributed by atoms with Crippen LogP contribution in [0, 0.1) is 11.3 Å². The van der Waals surface area contributed by atoms with E-state index in [2.05, 4.69) is 25.6 Å². The molecule has 0 unspecified atom stereocenters. The number of nitrogens with one attached hydrogen (secondary N) is 3. The number of carbonyl (C=O) groups is 1. The van der Waals surface area contributed by atoms with Crippen molar-refractivity contribution >= 4 is 38.9 Å². The molecule has 0 atom stereocenters. The summed E-state index contributed by atoms with van der Waals surface area (Å²) in [6.07, 6.45) is 4.85. The molecule has 152 valence electrons. The molecule has 3 aromatic heterocycles. The molecule has 30 heavy (non-hydrogen) atoms. The van der Waals surface area contributed by atoms with Crippen LogP contribution in [0.25, 0.3) is 0 Å². The number of rotatable bonds is 6. The molecule has 3 rings (SSSR count). The normalized spacial score (nSPS) is 12.6. The van der Waals surface area contributed by atoms with Gasteiger partial charge in [-0.2, -0.15) is 5.26 Å². The summed E-state index contributed by atoms with van der Waals surface area (Å²) < 4.78 is 46.0. The van der Waals surface area contributed by atoms with Crippen LogP contribution in [0.15, 0.2) is 53.8 Å². The van der Waals surface area contributed by atoms with Crippen LogP contribution < -0.4 is 16.0 Å². The van der Waals surface area contributed by atoms with Crippen molar-refractivity contribution in [2.24, 2.45) is 0 Å². The third kappa shape index (κ3) is 4.68. The number of amides is 1. The van der Waals surface area contributed by atoms with Gasteiger partial charge in [-0.1, -0.05) is 0 Å². The van der Waals surface area contributed by atoms with Crippen LogP contribution in [0.2, 0.25) is 0 Å². The molecule has 0 aliphatic heterocycles. The number of nitriles is 1. The monoisotopic (exact) mass is 426 g/mol. The maximum absolute atomic E-state index is 12.5. The Bertz CT molecular complexity index is 1340. The topological polar surface area (TPSA) is 150 Å². The summed E-state index contributed by atoms with van der Waals surface area (Å²) in [6, 6.07) is 9.19. The first-order valence-electron chi connectivity index (χ1n) is 9.84. The molecular weight excluding hydrogens is 406 g/mol. The molecule has 11 heteroatoms. The zero-order valence-corrected chi connectivity index (χ0v) is 16.4. The predicted molar refractivity (Wildman–Crippen MR) is 110 cm³/mol. The quantitative estimate of drug-likeness (QED) is 0.537. The van der Waals surface area contributed by atoms with Gasteiger partial charge in [0, 0.05) is 42.0 Å². The first kappa shape index (κ1) is 16.9. The van der Waals surface area contributed by atoms with Gasteiger partial charge in [-0.15, -0.1) is 0 Å². The number of anilines is 4. The highest BCUT2D eigenvalue weighted by molar-refractivity contribution is 7.90. The molecule has 0 saturated carbocycles. The molecule has 0 aliphatic rings. The maximum atomic E-state index is 12.5. The highest BCUT2D eigenvalue weighted by atomic mass is 32.2. The van der Waals surface area contributed by atoms with Crippen molar-refractivity contribution in [2.45, 2.75) is 4.90 Å². The molecular formula is C19H17N7O3S. The third-order valence-corrected chi connectivity index (χ3v) is 4.96. The number of aromatic nitrogens is 3. The Morgan fingerprint density at radius 3 is 2.60 bits per heavy atom. The van der Waals surface area contributed by atoms with E-state index < -0.39 is 22.7 Å². The van der Waals surface area contributed by atoms with Crippen LogP contribution in [0.5, 0.6) is 0 Å². The first-order valence-corrected chi connectivity index (χ1v) is 10.2.